The summed E-state index contributed by atoms with van der Waals surface area (Å²) in [6, 6.07) is 5.95. The van der Waals surface area contributed by atoms with E-state index < -0.39 is 0 Å². The molecule has 3 heterocycles. The Morgan fingerprint density at radius 3 is 3.16 bits per heavy atom. The van der Waals surface area contributed by atoms with Crippen LogP contribution in [0.3, 0.4) is 0 Å². The van der Waals surface area contributed by atoms with E-state index >= 15 is 0 Å². The zero-order chi connectivity index (χ0) is 13.2. The van der Waals surface area contributed by atoms with E-state index in [0.29, 0.717) is 13.0 Å². The molecular formula is C14H18N4O. The van der Waals surface area contributed by atoms with Crippen LogP contribution in [0.15, 0.2) is 30.6 Å². The summed E-state index contributed by atoms with van der Waals surface area (Å²) in [6.07, 6.45) is 6.22. The minimum atomic E-state index is 0.124. The number of imidazole rings is 1. The van der Waals surface area contributed by atoms with Crippen molar-refractivity contribution in [3.63, 3.8) is 0 Å². The van der Waals surface area contributed by atoms with Crippen molar-refractivity contribution in [2.45, 2.75) is 25.3 Å². The van der Waals surface area contributed by atoms with Crippen LogP contribution in [-0.4, -0.2) is 39.3 Å². The molecule has 2 aromatic heterocycles. The lowest BCUT2D eigenvalue weighted by atomic mass is 10.1. The zero-order valence-corrected chi connectivity index (χ0v) is 10.8. The summed E-state index contributed by atoms with van der Waals surface area (Å²) >= 11 is 0. The highest BCUT2D eigenvalue weighted by atomic mass is 16.2. The van der Waals surface area contributed by atoms with E-state index in [-0.39, 0.29) is 11.9 Å². The number of nitrogens with two attached hydrogens (primary N) is 1. The number of rotatable bonds is 2. The molecular weight excluding hydrogens is 240 g/mol. The van der Waals surface area contributed by atoms with E-state index in [1.807, 2.05) is 39.9 Å². The Hall–Kier alpha value is -1.88. The molecule has 1 amide bonds. The molecule has 2 N–H and O–H groups in total. The predicted molar refractivity (Wildman–Crippen MR) is 72.7 cm³/mol. The summed E-state index contributed by atoms with van der Waals surface area (Å²) < 4.78 is 1.94. The number of pyridine rings is 1. The van der Waals surface area contributed by atoms with Gasteiger partial charge < -0.3 is 15.0 Å². The van der Waals surface area contributed by atoms with Crippen LogP contribution in [0.2, 0.25) is 0 Å². The van der Waals surface area contributed by atoms with Gasteiger partial charge in [-0.3, -0.25) is 4.79 Å². The summed E-state index contributed by atoms with van der Waals surface area (Å²) in [4.78, 5) is 18.5. The van der Waals surface area contributed by atoms with Crippen LogP contribution in [0.1, 0.15) is 18.5 Å². The third kappa shape index (κ3) is 2.61. The first kappa shape index (κ1) is 12.2. The third-order valence-electron chi connectivity index (χ3n) is 3.56. The average Bonchev–Trinajstić information content (AvgIpc) is 2.80. The van der Waals surface area contributed by atoms with Crippen molar-refractivity contribution >= 4 is 11.6 Å². The van der Waals surface area contributed by atoms with Gasteiger partial charge in [0.25, 0.3) is 0 Å². The molecule has 0 radical (unpaired) electrons. The van der Waals surface area contributed by atoms with Gasteiger partial charge in [-0.1, -0.05) is 6.07 Å². The molecule has 1 saturated heterocycles. The molecule has 1 fully saturated rings. The van der Waals surface area contributed by atoms with Crippen molar-refractivity contribution in [2.24, 2.45) is 5.73 Å². The van der Waals surface area contributed by atoms with Gasteiger partial charge in [0, 0.05) is 31.5 Å². The quantitative estimate of drug-likeness (QED) is 0.867. The van der Waals surface area contributed by atoms with Gasteiger partial charge in [0.15, 0.2) is 0 Å². The molecule has 0 aromatic carbocycles. The second kappa shape index (κ2) is 5.01. The van der Waals surface area contributed by atoms with Crippen LogP contribution < -0.4 is 5.73 Å². The molecule has 0 spiro atoms. The van der Waals surface area contributed by atoms with Gasteiger partial charge in [0.1, 0.15) is 5.65 Å². The fourth-order valence-corrected chi connectivity index (χ4v) is 2.58. The molecule has 0 saturated carbocycles. The van der Waals surface area contributed by atoms with Crippen molar-refractivity contribution < 1.29 is 4.79 Å². The van der Waals surface area contributed by atoms with Crippen LogP contribution >= 0.6 is 0 Å². The van der Waals surface area contributed by atoms with E-state index in [4.69, 9.17) is 5.73 Å². The maximum Gasteiger partial charge on any atom is 0.228 e. The SMILES string of the molecule is N[C@@H]1CCCN(C(=O)Cc2cn3ccccc3n2)C1. The summed E-state index contributed by atoms with van der Waals surface area (Å²) in [7, 11) is 0. The largest absolute Gasteiger partial charge is 0.341 e. The van der Waals surface area contributed by atoms with E-state index in [9.17, 15) is 4.79 Å². The van der Waals surface area contributed by atoms with Gasteiger partial charge in [-0.2, -0.15) is 0 Å². The van der Waals surface area contributed by atoms with Gasteiger partial charge in [-0.15, -0.1) is 0 Å². The van der Waals surface area contributed by atoms with Gasteiger partial charge in [0.2, 0.25) is 5.91 Å². The monoisotopic (exact) mass is 258 g/mol. The van der Waals surface area contributed by atoms with Crippen LogP contribution in [-0.2, 0) is 11.2 Å². The maximum absolute atomic E-state index is 12.2. The van der Waals surface area contributed by atoms with Crippen molar-refractivity contribution in [1.82, 2.24) is 14.3 Å². The normalized spacial score (nSPS) is 19.8. The highest BCUT2D eigenvalue weighted by Gasteiger charge is 2.21. The van der Waals surface area contributed by atoms with Crippen molar-refractivity contribution in [3.8, 4) is 0 Å². The Bertz CT molecular complexity index is 559. The van der Waals surface area contributed by atoms with Crippen LogP contribution in [0.25, 0.3) is 5.65 Å². The summed E-state index contributed by atoms with van der Waals surface area (Å²) in [5, 5.41) is 0. The number of carbonyl (C=O) groups is 1. The summed E-state index contributed by atoms with van der Waals surface area (Å²) in [6.45, 7) is 1.49. The number of amides is 1. The first-order valence-electron chi connectivity index (χ1n) is 6.68. The standard InChI is InChI=1S/C14H18N4O/c15-11-4-3-7-18(9-11)14(19)8-12-10-17-6-2-1-5-13(17)16-12/h1-2,5-6,10-11H,3-4,7-9,15H2/t11-/m1/s1. The fraction of sp³-hybridized carbons (Fsp3) is 0.429. The number of carbonyl (C=O) groups excluding carboxylic acids is 1. The Balaban J connectivity index is 1.71. The van der Waals surface area contributed by atoms with Crippen LogP contribution in [0, 0.1) is 0 Å². The van der Waals surface area contributed by atoms with E-state index in [0.717, 1.165) is 30.7 Å². The minimum Gasteiger partial charge on any atom is -0.341 e. The Kier molecular flexibility index (Phi) is 3.21. The number of piperidine rings is 1. The molecule has 3 rings (SSSR count). The van der Waals surface area contributed by atoms with Crippen molar-refractivity contribution in [1.29, 1.82) is 0 Å². The third-order valence-corrected chi connectivity index (χ3v) is 3.56. The average molecular weight is 258 g/mol. The van der Waals surface area contributed by atoms with Gasteiger partial charge in [-0.05, 0) is 25.0 Å². The number of hydrogen-bond acceptors (Lipinski definition) is 3. The number of hydrogen-bond donors (Lipinski definition) is 1. The molecule has 1 atom stereocenters. The van der Waals surface area contributed by atoms with Crippen molar-refractivity contribution in [2.75, 3.05) is 13.1 Å². The highest BCUT2D eigenvalue weighted by Crippen LogP contribution is 2.11. The van der Waals surface area contributed by atoms with Gasteiger partial charge in [0.05, 0.1) is 12.1 Å². The minimum absolute atomic E-state index is 0.124. The van der Waals surface area contributed by atoms with Crippen LogP contribution in [0.5, 0.6) is 0 Å². The predicted octanol–water partition coefficient (Wildman–Crippen LogP) is 0.826. The van der Waals surface area contributed by atoms with E-state index in [1.54, 1.807) is 0 Å². The summed E-state index contributed by atoms with van der Waals surface area (Å²) in [5.74, 6) is 0.124. The second-order valence-corrected chi connectivity index (χ2v) is 5.12. The van der Waals surface area contributed by atoms with E-state index in [2.05, 4.69) is 4.98 Å². The Morgan fingerprint density at radius 1 is 1.47 bits per heavy atom. The lowest BCUT2D eigenvalue weighted by Crippen LogP contribution is -2.46. The van der Waals surface area contributed by atoms with Crippen LogP contribution in [0.4, 0.5) is 0 Å². The Morgan fingerprint density at radius 2 is 2.37 bits per heavy atom. The lowest BCUT2D eigenvalue weighted by Gasteiger charge is -2.30. The molecule has 0 unspecified atom stereocenters. The number of nitrogens with zero attached hydrogens (tertiary/aromatic N) is 3. The highest BCUT2D eigenvalue weighted by molar-refractivity contribution is 5.78. The molecule has 100 valence electrons. The maximum atomic E-state index is 12.2. The van der Waals surface area contributed by atoms with Gasteiger partial charge >= 0.3 is 0 Å². The molecule has 1 aliphatic rings. The molecule has 1 aliphatic heterocycles. The summed E-state index contributed by atoms with van der Waals surface area (Å²) in [5.41, 5.74) is 7.59. The number of aromatic nitrogens is 2. The Labute approximate surface area is 112 Å². The molecule has 0 aliphatic carbocycles. The van der Waals surface area contributed by atoms with E-state index in [1.165, 1.54) is 0 Å². The molecule has 5 heteroatoms. The fourth-order valence-electron chi connectivity index (χ4n) is 2.58. The van der Waals surface area contributed by atoms with Crippen molar-refractivity contribution in [3.05, 3.63) is 36.3 Å². The second-order valence-electron chi connectivity index (χ2n) is 5.12. The molecule has 19 heavy (non-hydrogen) atoms. The number of likely N-dealkylation sites (tertiary alicyclic amines) is 1. The number of fused-ring (bicyclic) bond motifs is 1. The van der Waals surface area contributed by atoms with Gasteiger partial charge in [-0.25, -0.2) is 4.98 Å². The first-order valence-corrected chi connectivity index (χ1v) is 6.68. The molecule has 2 aromatic rings. The topological polar surface area (TPSA) is 63.6 Å². The molecule has 5 nitrogen and oxygen atoms in total. The molecule has 0 bridgehead atoms. The lowest BCUT2D eigenvalue weighted by molar-refractivity contribution is -0.131. The first-order chi connectivity index (χ1) is 9.22. The smallest absolute Gasteiger partial charge is 0.228 e. The zero-order valence-electron chi connectivity index (χ0n) is 10.8.